The predicted octanol–water partition coefficient (Wildman–Crippen LogP) is 5.57. The van der Waals surface area contributed by atoms with Crippen molar-refractivity contribution in [1.82, 2.24) is 8.87 Å². The smallest absolute Gasteiger partial charge is 0.268 e. The number of halogens is 1. The Hall–Kier alpha value is -2.44. The minimum Gasteiger partial charge on any atom is -0.296 e. The van der Waals surface area contributed by atoms with Crippen LogP contribution in [0.5, 0.6) is 0 Å². The third-order valence-corrected chi connectivity index (χ3v) is 8.57. The van der Waals surface area contributed by atoms with Crippen molar-refractivity contribution < 1.29 is 12.8 Å². The molecule has 2 aliphatic heterocycles. The van der Waals surface area contributed by atoms with E-state index >= 15 is 0 Å². The van der Waals surface area contributed by atoms with E-state index in [-0.39, 0.29) is 16.1 Å². The summed E-state index contributed by atoms with van der Waals surface area (Å²) in [7, 11) is -3.82. The number of hydrogen-bond donors (Lipinski definition) is 0. The first-order chi connectivity index (χ1) is 15.1. The first-order valence-electron chi connectivity index (χ1n) is 11.2. The van der Waals surface area contributed by atoms with Gasteiger partial charge in [-0.3, -0.25) is 4.90 Å². The van der Waals surface area contributed by atoms with E-state index in [4.69, 9.17) is 0 Å². The maximum Gasteiger partial charge on any atom is 0.268 e. The van der Waals surface area contributed by atoms with Crippen LogP contribution in [0.3, 0.4) is 0 Å². The summed E-state index contributed by atoms with van der Waals surface area (Å²) < 4.78 is 42.7. The zero-order valence-corrected chi connectivity index (χ0v) is 19.6. The Morgan fingerprint density at radius 3 is 2.53 bits per heavy atom. The molecule has 2 aliphatic rings. The Labute approximate surface area is 189 Å². The Balaban J connectivity index is 1.62. The van der Waals surface area contributed by atoms with Crippen molar-refractivity contribution in [2.75, 3.05) is 13.1 Å². The lowest BCUT2D eigenvalue weighted by Crippen LogP contribution is -2.32. The minimum atomic E-state index is -3.82. The van der Waals surface area contributed by atoms with Gasteiger partial charge in [-0.25, -0.2) is 16.8 Å². The summed E-state index contributed by atoms with van der Waals surface area (Å²) >= 11 is 0. The molecule has 0 aliphatic carbocycles. The molecule has 0 radical (unpaired) electrons. The lowest BCUT2D eigenvalue weighted by atomic mass is 9.87. The van der Waals surface area contributed by atoms with Crippen LogP contribution in [0.1, 0.15) is 51.2 Å². The number of aromatic nitrogens is 1. The van der Waals surface area contributed by atoms with Gasteiger partial charge in [-0.05, 0) is 72.7 Å². The van der Waals surface area contributed by atoms with E-state index in [1.54, 1.807) is 24.4 Å². The van der Waals surface area contributed by atoms with Gasteiger partial charge in [-0.2, -0.15) is 0 Å². The molecule has 6 heteroatoms. The highest BCUT2D eigenvalue weighted by Crippen LogP contribution is 2.37. The molecule has 3 heterocycles. The fraction of sp³-hybridized carbons (Fsp3) is 0.385. The molecule has 5 rings (SSSR count). The molecular formula is C26H29FN2O2S. The number of fused-ring (bicyclic) bond motifs is 2. The Morgan fingerprint density at radius 2 is 1.81 bits per heavy atom. The summed E-state index contributed by atoms with van der Waals surface area (Å²) in [6, 6.07) is 11.9. The largest absolute Gasteiger partial charge is 0.296 e. The average Bonchev–Trinajstić information content (AvgIpc) is 3.37. The molecule has 2 aromatic carbocycles. The third kappa shape index (κ3) is 3.59. The number of rotatable bonds is 3. The normalized spacial score (nSPS) is 19.9. The van der Waals surface area contributed by atoms with Crippen LogP contribution in [-0.2, 0) is 15.4 Å². The summed E-state index contributed by atoms with van der Waals surface area (Å²) in [4.78, 5) is 2.70. The lowest BCUT2D eigenvalue weighted by Gasteiger charge is -2.29. The maximum absolute atomic E-state index is 14.2. The van der Waals surface area contributed by atoms with Crippen molar-refractivity contribution in [3.05, 3.63) is 71.7 Å². The molecule has 1 aromatic heterocycles. The van der Waals surface area contributed by atoms with Crippen LogP contribution < -0.4 is 0 Å². The van der Waals surface area contributed by atoms with E-state index in [9.17, 15) is 12.8 Å². The molecule has 1 saturated heterocycles. The Kier molecular flexibility index (Phi) is 5.06. The molecule has 1 fully saturated rings. The summed E-state index contributed by atoms with van der Waals surface area (Å²) in [5.41, 5.74) is 3.46. The van der Waals surface area contributed by atoms with Gasteiger partial charge in [0, 0.05) is 29.7 Å². The van der Waals surface area contributed by atoms with Crippen molar-refractivity contribution in [3.8, 4) is 0 Å². The molecule has 0 amide bonds. The van der Waals surface area contributed by atoms with Crippen LogP contribution in [0.15, 0.2) is 59.6 Å². The van der Waals surface area contributed by atoms with Crippen molar-refractivity contribution in [2.45, 2.75) is 56.4 Å². The molecular weight excluding hydrogens is 423 g/mol. The summed E-state index contributed by atoms with van der Waals surface area (Å²) in [5, 5.41) is 0.651. The van der Waals surface area contributed by atoms with Gasteiger partial charge in [0.1, 0.15) is 5.82 Å². The van der Waals surface area contributed by atoms with Crippen LogP contribution >= 0.6 is 0 Å². The second kappa shape index (κ2) is 7.56. The van der Waals surface area contributed by atoms with E-state index in [2.05, 4.69) is 31.7 Å². The predicted molar refractivity (Wildman–Crippen MR) is 127 cm³/mol. The van der Waals surface area contributed by atoms with Gasteiger partial charge in [0.25, 0.3) is 10.0 Å². The highest BCUT2D eigenvalue weighted by Gasteiger charge is 2.30. The summed E-state index contributed by atoms with van der Waals surface area (Å²) in [5.74, 6) is -0.359. The van der Waals surface area contributed by atoms with Gasteiger partial charge in [0.2, 0.25) is 0 Å². The minimum absolute atomic E-state index is 0.0608. The topological polar surface area (TPSA) is 42.3 Å². The van der Waals surface area contributed by atoms with Crippen LogP contribution in [0.25, 0.3) is 16.5 Å². The number of nitrogens with zero attached hydrogens (tertiary/aromatic N) is 2. The molecule has 4 nitrogen and oxygen atoms in total. The quantitative estimate of drug-likeness (QED) is 0.522. The van der Waals surface area contributed by atoms with E-state index in [1.807, 2.05) is 12.1 Å². The first-order valence-corrected chi connectivity index (χ1v) is 12.7. The zero-order chi connectivity index (χ0) is 22.7. The standard InChI is InChI=1S/C26H29FN2O2S/c1-26(2,3)19-6-9-22(10-7-19)32(30,31)29-17-24(23-16-20(27)8-11-25(23)29)18-12-14-28-13-4-5-21(28)15-18/h6-12,16-17,21H,4-5,13-15H2,1-3H3/t21-/m0/s1. The van der Waals surface area contributed by atoms with Crippen molar-refractivity contribution in [1.29, 1.82) is 0 Å². The van der Waals surface area contributed by atoms with Crippen LogP contribution in [-0.4, -0.2) is 36.4 Å². The lowest BCUT2D eigenvalue weighted by molar-refractivity contribution is 0.275. The van der Waals surface area contributed by atoms with Gasteiger partial charge >= 0.3 is 0 Å². The molecule has 0 spiro atoms. The van der Waals surface area contributed by atoms with E-state index in [0.29, 0.717) is 16.9 Å². The van der Waals surface area contributed by atoms with Gasteiger partial charge in [-0.15, -0.1) is 0 Å². The molecule has 1 atom stereocenters. The highest BCUT2D eigenvalue weighted by atomic mass is 32.2. The fourth-order valence-corrected chi connectivity index (χ4v) is 6.39. The van der Waals surface area contributed by atoms with Crippen molar-refractivity contribution >= 4 is 26.5 Å². The molecule has 0 bridgehead atoms. The average molecular weight is 453 g/mol. The zero-order valence-electron chi connectivity index (χ0n) is 18.8. The molecule has 3 aromatic rings. The van der Waals surface area contributed by atoms with E-state index < -0.39 is 10.0 Å². The first kappa shape index (κ1) is 21.4. The molecule has 0 saturated carbocycles. The second-order valence-electron chi connectivity index (χ2n) is 10.0. The van der Waals surface area contributed by atoms with Gasteiger partial charge in [0.15, 0.2) is 0 Å². The Morgan fingerprint density at radius 1 is 1.06 bits per heavy atom. The van der Waals surface area contributed by atoms with Crippen LogP contribution in [0, 0.1) is 5.82 Å². The molecule has 0 unspecified atom stereocenters. The SMILES string of the molecule is CC(C)(C)c1ccc(S(=O)(=O)n2cc(C3=CCN4CCC[C@H]4C3)c3cc(F)ccc32)cc1. The van der Waals surface area contributed by atoms with E-state index in [1.165, 1.54) is 22.5 Å². The molecule has 32 heavy (non-hydrogen) atoms. The van der Waals surface area contributed by atoms with Crippen LogP contribution in [0.2, 0.25) is 0 Å². The second-order valence-corrected chi connectivity index (χ2v) is 11.8. The Bertz CT molecular complexity index is 1310. The third-order valence-electron chi connectivity index (χ3n) is 6.88. The number of hydrogen-bond acceptors (Lipinski definition) is 3. The van der Waals surface area contributed by atoms with Gasteiger partial charge < -0.3 is 0 Å². The summed E-state index contributed by atoms with van der Waals surface area (Å²) in [6.45, 7) is 8.27. The van der Waals surface area contributed by atoms with Crippen molar-refractivity contribution in [3.63, 3.8) is 0 Å². The fourth-order valence-electron chi connectivity index (χ4n) is 5.02. The maximum atomic E-state index is 14.2. The van der Waals surface area contributed by atoms with Crippen molar-refractivity contribution in [2.24, 2.45) is 0 Å². The van der Waals surface area contributed by atoms with Gasteiger partial charge in [0.05, 0.1) is 10.4 Å². The molecule has 168 valence electrons. The van der Waals surface area contributed by atoms with E-state index in [0.717, 1.165) is 42.6 Å². The monoisotopic (exact) mass is 452 g/mol. The summed E-state index contributed by atoms with van der Waals surface area (Å²) in [6.07, 6.45) is 7.09. The van der Waals surface area contributed by atoms with Crippen LogP contribution in [0.4, 0.5) is 4.39 Å². The number of benzene rings is 2. The van der Waals surface area contributed by atoms with Gasteiger partial charge in [-0.1, -0.05) is 39.0 Å². The molecule has 0 N–H and O–H groups in total. The highest BCUT2D eigenvalue weighted by molar-refractivity contribution is 7.90.